The summed E-state index contributed by atoms with van der Waals surface area (Å²) in [5.74, 6) is -1.01. The van der Waals surface area contributed by atoms with E-state index in [1.807, 2.05) is 85.8 Å². The van der Waals surface area contributed by atoms with Crippen molar-refractivity contribution in [3.05, 3.63) is 96.1 Å². The Morgan fingerprint density at radius 3 is 2.18 bits per heavy atom. The van der Waals surface area contributed by atoms with Crippen molar-refractivity contribution in [1.82, 2.24) is 15.5 Å². The molecule has 0 saturated carbocycles. The second-order valence-electron chi connectivity index (χ2n) is 10.1. The molecule has 0 radical (unpaired) electrons. The summed E-state index contributed by atoms with van der Waals surface area (Å²) in [5.41, 5.74) is 8.50. The van der Waals surface area contributed by atoms with Crippen LogP contribution in [0, 0.1) is 0 Å². The lowest BCUT2D eigenvalue weighted by molar-refractivity contribution is -0.131. The molecule has 1 atom stereocenters. The number of amides is 3. The molecule has 3 aromatic rings. The van der Waals surface area contributed by atoms with E-state index in [0.717, 1.165) is 16.7 Å². The summed E-state index contributed by atoms with van der Waals surface area (Å²) in [5, 5.41) is 5.53. The maximum Gasteiger partial charge on any atom is 0.255 e. The molecule has 3 amide bonds. The normalized spacial score (nSPS) is 11.9. The van der Waals surface area contributed by atoms with Gasteiger partial charge in [0.25, 0.3) is 5.91 Å². The second-order valence-corrected chi connectivity index (χ2v) is 10.1. The van der Waals surface area contributed by atoms with E-state index in [0.29, 0.717) is 18.7 Å². The Kier molecular flexibility index (Phi) is 10.8. The highest BCUT2D eigenvalue weighted by Crippen LogP contribution is 2.24. The standard InChI is InChI=1S/C31H38N4O4/c1-4-35(30(38)26-18-12-11-17-25(26)24-15-9-6-10-16-24)22-33-29(37)27(34-28(36)19-31(2,3)32)21-39-20-23-13-7-5-8-14-23/h5-18,27H,4,19-22,32H2,1-3H3,(H,33,37)(H,34,36). The van der Waals surface area contributed by atoms with E-state index < -0.39 is 17.5 Å². The first-order valence-corrected chi connectivity index (χ1v) is 13.1. The quantitative estimate of drug-likeness (QED) is 0.292. The molecule has 3 aromatic carbocycles. The smallest absolute Gasteiger partial charge is 0.255 e. The van der Waals surface area contributed by atoms with E-state index in [4.69, 9.17) is 10.5 Å². The third kappa shape index (κ3) is 9.35. The van der Waals surface area contributed by atoms with Crippen molar-refractivity contribution in [2.45, 2.75) is 45.4 Å². The SMILES string of the molecule is CCN(CNC(=O)C(COCc1ccccc1)NC(=O)CC(C)(C)N)C(=O)c1ccccc1-c1ccccc1. The molecule has 4 N–H and O–H groups in total. The number of carbonyl (C=O) groups excluding carboxylic acids is 3. The minimum Gasteiger partial charge on any atom is -0.374 e. The zero-order valence-corrected chi connectivity index (χ0v) is 22.9. The van der Waals surface area contributed by atoms with E-state index in [1.54, 1.807) is 24.8 Å². The van der Waals surface area contributed by atoms with Crippen LogP contribution in [-0.4, -0.2) is 54.0 Å². The largest absolute Gasteiger partial charge is 0.374 e. The minimum absolute atomic E-state index is 0.0231. The summed E-state index contributed by atoms with van der Waals surface area (Å²) in [6.45, 7) is 5.95. The highest BCUT2D eigenvalue weighted by atomic mass is 16.5. The molecular weight excluding hydrogens is 492 g/mol. The fourth-order valence-corrected chi connectivity index (χ4v) is 4.04. The summed E-state index contributed by atoms with van der Waals surface area (Å²) in [7, 11) is 0. The van der Waals surface area contributed by atoms with Crippen LogP contribution in [0.3, 0.4) is 0 Å². The number of ether oxygens (including phenoxy) is 1. The summed E-state index contributed by atoms with van der Waals surface area (Å²) in [4.78, 5) is 40.8. The molecule has 0 aliphatic heterocycles. The Hall–Kier alpha value is -4.01. The van der Waals surface area contributed by atoms with Gasteiger partial charge < -0.3 is 26.0 Å². The summed E-state index contributed by atoms with van der Waals surface area (Å²) in [6.07, 6.45) is 0.0469. The van der Waals surface area contributed by atoms with Gasteiger partial charge >= 0.3 is 0 Å². The molecule has 0 heterocycles. The molecule has 0 saturated heterocycles. The average molecular weight is 531 g/mol. The van der Waals surface area contributed by atoms with Crippen LogP contribution in [0.15, 0.2) is 84.9 Å². The molecule has 1 unspecified atom stereocenters. The lowest BCUT2D eigenvalue weighted by atomic mass is 9.99. The molecule has 0 aromatic heterocycles. The van der Waals surface area contributed by atoms with Crippen molar-refractivity contribution in [3.8, 4) is 11.1 Å². The van der Waals surface area contributed by atoms with Crippen LogP contribution >= 0.6 is 0 Å². The first kappa shape index (κ1) is 29.5. The van der Waals surface area contributed by atoms with E-state index in [-0.39, 0.29) is 31.5 Å². The van der Waals surface area contributed by atoms with E-state index in [1.165, 1.54) is 0 Å². The van der Waals surface area contributed by atoms with Gasteiger partial charge in [0, 0.05) is 24.1 Å². The molecule has 0 bridgehead atoms. The number of nitrogens with one attached hydrogen (secondary N) is 2. The van der Waals surface area contributed by atoms with Crippen LogP contribution in [-0.2, 0) is 20.9 Å². The number of carbonyl (C=O) groups is 3. The molecule has 39 heavy (non-hydrogen) atoms. The fourth-order valence-electron chi connectivity index (χ4n) is 4.04. The van der Waals surface area contributed by atoms with E-state index >= 15 is 0 Å². The number of nitrogens with two attached hydrogens (primary N) is 1. The maximum absolute atomic E-state index is 13.5. The molecular formula is C31H38N4O4. The second kappa shape index (κ2) is 14.2. The Morgan fingerprint density at radius 1 is 0.923 bits per heavy atom. The number of benzene rings is 3. The van der Waals surface area contributed by atoms with E-state index in [9.17, 15) is 14.4 Å². The summed E-state index contributed by atoms with van der Waals surface area (Å²) < 4.78 is 5.76. The zero-order chi connectivity index (χ0) is 28.3. The van der Waals surface area contributed by atoms with Gasteiger partial charge in [0.05, 0.1) is 19.9 Å². The topological polar surface area (TPSA) is 114 Å². The Bertz CT molecular complexity index is 1230. The van der Waals surface area contributed by atoms with Gasteiger partial charge in [0.2, 0.25) is 11.8 Å². The van der Waals surface area contributed by atoms with Crippen LogP contribution in [0.4, 0.5) is 0 Å². The predicted octanol–water partition coefficient (Wildman–Crippen LogP) is 3.72. The van der Waals surface area contributed by atoms with Gasteiger partial charge in [-0.25, -0.2) is 0 Å². The highest BCUT2D eigenvalue weighted by Gasteiger charge is 2.25. The maximum atomic E-state index is 13.5. The Balaban J connectivity index is 1.68. The van der Waals surface area contributed by atoms with Crippen molar-refractivity contribution in [2.24, 2.45) is 5.73 Å². The molecule has 8 heteroatoms. The van der Waals surface area contributed by atoms with Crippen molar-refractivity contribution in [3.63, 3.8) is 0 Å². The van der Waals surface area contributed by atoms with Gasteiger partial charge in [-0.1, -0.05) is 78.9 Å². The summed E-state index contributed by atoms with van der Waals surface area (Å²) >= 11 is 0. The number of rotatable bonds is 13. The van der Waals surface area contributed by atoms with Crippen LogP contribution in [0.5, 0.6) is 0 Å². The van der Waals surface area contributed by atoms with E-state index in [2.05, 4.69) is 10.6 Å². The average Bonchev–Trinajstić information content (AvgIpc) is 2.92. The number of hydrogen-bond acceptors (Lipinski definition) is 5. The lowest BCUT2D eigenvalue weighted by Crippen LogP contribution is -2.53. The highest BCUT2D eigenvalue weighted by molar-refractivity contribution is 6.01. The first-order valence-electron chi connectivity index (χ1n) is 13.1. The monoisotopic (exact) mass is 530 g/mol. The first-order chi connectivity index (χ1) is 18.7. The van der Waals surface area contributed by atoms with Gasteiger partial charge in [0.15, 0.2) is 0 Å². The van der Waals surface area contributed by atoms with Crippen molar-refractivity contribution >= 4 is 17.7 Å². The molecule has 8 nitrogen and oxygen atoms in total. The molecule has 0 aliphatic carbocycles. The lowest BCUT2D eigenvalue weighted by Gasteiger charge is -2.25. The predicted molar refractivity (Wildman–Crippen MR) is 153 cm³/mol. The molecule has 0 aliphatic rings. The third-order valence-corrected chi connectivity index (χ3v) is 6.02. The van der Waals surface area contributed by atoms with Crippen molar-refractivity contribution in [1.29, 1.82) is 0 Å². The molecule has 206 valence electrons. The Morgan fingerprint density at radius 2 is 1.54 bits per heavy atom. The number of hydrogen-bond donors (Lipinski definition) is 3. The van der Waals surface area contributed by atoms with Gasteiger partial charge in [-0.2, -0.15) is 0 Å². The van der Waals surface area contributed by atoms with Gasteiger partial charge in [-0.3, -0.25) is 14.4 Å². The van der Waals surface area contributed by atoms with Crippen LogP contribution < -0.4 is 16.4 Å². The van der Waals surface area contributed by atoms with Gasteiger partial charge in [0.1, 0.15) is 6.04 Å². The Labute approximate surface area is 230 Å². The fraction of sp³-hybridized carbons (Fsp3) is 0.323. The van der Waals surface area contributed by atoms with Crippen LogP contribution in [0.1, 0.15) is 43.1 Å². The number of nitrogens with zero attached hydrogens (tertiary/aromatic N) is 1. The van der Waals surface area contributed by atoms with Gasteiger partial charge in [-0.15, -0.1) is 0 Å². The zero-order valence-electron chi connectivity index (χ0n) is 22.9. The summed E-state index contributed by atoms with van der Waals surface area (Å²) in [6, 6.07) is 25.7. The molecule has 3 rings (SSSR count). The van der Waals surface area contributed by atoms with Crippen LogP contribution in [0.25, 0.3) is 11.1 Å². The molecule has 0 fully saturated rings. The minimum atomic E-state index is -0.950. The third-order valence-electron chi connectivity index (χ3n) is 6.02. The molecule has 0 spiro atoms. The van der Waals surface area contributed by atoms with Gasteiger partial charge in [-0.05, 0) is 43.5 Å². The van der Waals surface area contributed by atoms with Crippen molar-refractivity contribution < 1.29 is 19.1 Å². The van der Waals surface area contributed by atoms with Crippen LogP contribution in [0.2, 0.25) is 0 Å². The van der Waals surface area contributed by atoms with Crippen molar-refractivity contribution in [2.75, 3.05) is 19.8 Å².